The molecular weight excluding hydrogens is 602 g/mol. The first-order valence-electron chi connectivity index (χ1n) is 15.3. The SMILES string of the molecule is COC(OC)C(C)c1cncc(CNC[C@H](O)[C@@H](Cc2ccccc2)C2(C(N)=O)C=CC=C(C(=O)N(C)Cc3nc(C)cs3)C2)c1. The lowest BCUT2D eigenvalue weighted by atomic mass is 9.64. The number of thiazole rings is 1. The van der Waals surface area contributed by atoms with Crippen molar-refractivity contribution in [2.75, 3.05) is 27.8 Å². The lowest BCUT2D eigenvalue weighted by molar-refractivity contribution is -0.131. The Morgan fingerprint density at radius 2 is 1.91 bits per heavy atom. The summed E-state index contributed by atoms with van der Waals surface area (Å²) in [6, 6.07) is 11.7. The van der Waals surface area contributed by atoms with Crippen molar-refractivity contribution in [3.05, 3.63) is 105 Å². The Balaban J connectivity index is 1.53. The van der Waals surface area contributed by atoms with Crippen molar-refractivity contribution in [2.45, 2.75) is 58.1 Å². The van der Waals surface area contributed by atoms with Gasteiger partial charge in [0.25, 0.3) is 0 Å². The number of allylic oxidation sites excluding steroid dienone is 2. The highest BCUT2D eigenvalue weighted by atomic mass is 32.1. The van der Waals surface area contributed by atoms with Crippen LogP contribution in [0, 0.1) is 18.3 Å². The number of ether oxygens (including phenoxy) is 2. The van der Waals surface area contributed by atoms with E-state index in [0.29, 0.717) is 25.1 Å². The number of rotatable bonds is 16. The van der Waals surface area contributed by atoms with Gasteiger partial charge in [0.15, 0.2) is 6.29 Å². The summed E-state index contributed by atoms with van der Waals surface area (Å²) in [5.74, 6) is -1.45. The first kappa shape index (κ1) is 35.1. The molecule has 2 unspecified atom stereocenters. The van der Waals surface area contributed by atoms with E-state index in [4.69, 9.17) is 15.2 Å². The third-order valence-electron chi connectivity index (χ3n) is 8.61. The number of amides is 2. The van der Waals surface area contributed by atoms with E-state index < -0.39 is 29.6 Å². The number of benzene rings is 1. The van der Waals surface area contributed by atoms with E-state index in [1.807, 2.05) is 55.6 Å². The molecule has 0 radical (unpaired) electrons. The molecule has 0 spiro atoms. The lowest BCUT2D eigenvalue weighted by Crippen LogP contribution is -2.51. The number of nitrogens with zero attached hydrogens (tertiary/aromatic N) is 3. The molecule has 0 saturated carbocycles. The topological polar surface area (TPSA) is 140 Å². The van der Waals surface area contributed by atoms with Crippen molar-refractivity contribution in [3.8, 4) is 0 Å². The van der Waals surface area contributed by atoms with Crippen molar-refractivity contribution < 1.29 is 24.2 Å². The monoisotopic (exact) mass is 647 g/mol. The second kappa shape index (κ2) is 16.2. The molecule has 0 bridgehead atoms. The number of primary amides is 1. The molecule has 1 aliphatic carbocycles. The standard InChI is InChI=1S/C35H45N5O5S/c1-23-22-46-31(39-23)21-40(3)32(42)27-12-9-13-35(16-27,34(36)43)29(15-25-10-7-6-8-11-25)30(41)20-38-18-26-14-28(19-37-17-26)24(2)33(44-4)45-5/h6-14,17,19,22,24,29-30,33,38,41H,15-16,18,20-21H2,1-5H3,(H2,36,43)/t24?,29-,30+,35?/m1/s1. The molecule has 2 heterocycles. The summed E-state index contributed by atoms with van der Waals surface area (Å²) in [6.07, 6.45) is 7.86. The van der Waals surface area contributed by atoms with Gasteiger partial charge >= 0.3 is 0 Å². The van der Waals surface area contributed by atoms with Gasteiger partial charge in [0.1, 0.15) is 5.01 Å². The number of carbonyl (C=O) groups is 2. The van der Waals surface area contributed by atoms with Crippen LogP contribution >= 0.6 is 11.3 Å². The van der Waals surface area contributed by atoms with E-state index in [9.17, 15) is 14.7 Å². The first-order valence-corrected chi connectivity index (χ1v) is 16.2. The molecule has 2 aromatic heterocycles. The molecule has 10 nitrogen and oxygen atoms in total. The Morgan fingerprint density at radius 3 is 2.57 bits per heavy atom. The van der Waals surface area contributed by atoms with E-state index in [-0.39, 0.29) is 24.8 Å². The van der Waals surface area contributed by atoms with Gasteiger partial charge < -0.3 is 30.5 Å². The molecule has 3 aromatic rings. The third kappa shape index (κ3) is 8.54. The number of aromatic nitrogens is 2. The van der Waals surface area contributed by atoms with Crippen LogP contribution in [0.5, 0.6) is 0 Å². The van der Waals surface area contributed by atoms with Crippen LogP contribution < -0.4 is 11.1 Å². The van der Waals surface area contributed by atoms with Gasteiger partial charge in [-0.15, -0.1) is 11.3 Å². The van der Waals surface area contributed by atoms with E-state index in [0.717, 1.165) is 27.4 Å². The first-order chi connectivity index (χ1) is 22.1. The summed E-state index contributed by atoms with van der Waals surface area (Å²) in [7, 11) is 4.93. The molecular formula is C35H45N5O5S. The zero-order chi connectivity index (χ0) is 33.3. The largest absolute Gasteiger partial charge is 0.391 e. The van der Waals surface area contributed by atoms with Gasteiger partial charge in [-0.05, 0) is 36.5 Å². The van der Waals surface area contributed by atoms with Crippen LogP contribution in [-0.2, 0) is 38.6 Å². The lowest BCUT2D eigenvalue weighted by Gasteiger charge is -2.41. The number of pyridine rings is 1. The number of hydrogen-bond acceptors (Lipinski definition) is 9. The second-order valence-electron chi connectivity index (χ2n) is 11.9. The molecule has 2 amide bonds. The fourth-order valence-corrected chi connectivity index (χ4v) is 6.89. The van der Waals surface area contributed by atoms with Crippen LogP contribution in [-0.4, -0.2) is 72.0 Å². The number of aliphatic hydroxyl groups is 1. The fraction of sp³-hybridized carbons (Fsp3) is 0.429. The quantitative estimate of drug-likeness (QED) is 0.199. The fourth-order valence-electron chi connectivity index (χ4n) is 6.07. The normalized spacial score (nSPS) is 18.2. The molecule has 4 rings (SSSR count). The highest BCUT2D eigenvalue weighted by Crippen LogP contribution is 2.43. The number of carbonyl (C=O) groups excluding carboxylic acids is 2. The van der Waals surface area contributed by atoms with Gasteiger partial charge in [0.2, 0.25) is 11.8 Å². The van der Waals surface area contributed by atoms with Gasteiger partial charge in [-0.25, -0.2) is 4.98 Å². The van der Waals surface area contributed by atoms with Crippen LogP contribution in [0.4, 0.5) is 0 Å². The maximum Gasteiger partial charge on any atom is 0.249 e. The van der Waals surface area contributed by atoms with Crippen LogP contribution in [0.25, 0.3) is 0 Å². The average molecular weight is 648 g/mol. The van der Waals surface area contributed by atoms with Crippen LogP contribution in [0.3, 0.4) is 0 Å². The summed E-state index contributed by atoms with van der Waals surface area (Å²) >= 11 is 1.50. The van der Waals surface area contributed by atoms with Crippen LogP contribution in [0.15, 0.2) is 78.0 Å². The van der Waals surface area contributed by atoms with Crippen LogP contribution in [0.2, 0.25) is 0 Å². The molecule has 1 aromatic carbocycles. The number of aryl methyl sites for hydroxylation is 1. The Hall–Kier alpha value is -3.74. The van der Waals surface area contributed by atoms with Crippen molar-refractivity contribution in [3.63, 3.8) is 0 Å². The number of nitrogens with two attached hydrogens (primary N) is 1. The smallest absolute Gasteiger partial charge is 0.249 e. The highest BCUT2D eigenvalue weighted by Gasteiger charge is 2.47. The average Bonchev–Trinajstić information content (AvgIpc) is 3.48. The summed E-state index contributed by atoms with van der Waals surface area (Å²) < 4.78 is 10.8. The summed E-state index contributed by atoms with van der Waals surface area (Å²) in [4.78, 5) is 37.5. The minimum Gasteiger partial charge on any atom is -0.391 e. The van der Waals surface area contributed by atoms with Gasteiger partial charge in [-0.3, -0.25) is 14.6 Å². The van der Waals surface area contributed by atoms with E-state index in [1.54, 1.807) is 56.8 Å². The minimum atomic E-state index is -1.29. The van der Waals surface area contributed by atoms with E-state index >= 15 is 0 Å². The summed E-state index contributed by atoms with van der Waals surface area (Å²) in [5.41, 5.74) is 9.08. The molecule has 11 heteroatoms. The number of likely N-dealkylation sites (N-methyl/N-ethyl adjacent to an activating group) is 1. The Labute approximate surface area is 275 Å². The maximum atomic E-state index is 13.6. The number of methoxy groups -OCH3 is 2. The van der Waals surface area contributed by atoms with Gasteiger partial charge in [-0.1, -0.05) is 61.5 Å². The van der Waals surface area contributed by atoms with Crippen molar-refractivity contribution in [2.24, 2.45) is 17.1 Å². The van der Waals surface area contributed by atoms with E-state index in [2.05, 4.69) is 15.3 Å². The Bertz CT molecular complexity index is 1520. The second-order valence-corrected chi connectivity index (χ2v) is 12.9. The summed E-state index contributed by atoms with van der Waals surface area (Å²) in [5, 5.41) is 17.9. The Morgan fingerprint density at radius 1 is 1.17 bits per heavy atom. The van der Waals surface area contributed by atoms with Gasteiger partial charge in [0.05, 0.1) is 18.1 Å². The molecule has 0 aliphatic heterocycles. The molecule has 46 heavy (non-hydrogen) atoms. The zero-order valence-corrected chi connectivity index (χ0v) is 28.0. The molecule has 0 fully saturated rings. The van der Waals surface area contributed by atoms with Gasteiger partial charge in [-0.2, -0.15) is 0 Å². The maximum absolute atomic E-state index is 13.6. The zero-order valence-electron chi connectivity index (χ0n) is 27.2. The molecule has 0 saturated heterocycles. The number of aliphatic hydroxyl groups excluding tert-OH is 1. The minimum absolute atomic E-state index is 0.0356. The van der Waals surface area contributed by atoms with Gasteiger partial charge in [0, 0.05) is 75.2 Å². The Kier molecular flexibility index (Phi) is 12.4. The van der Waals surface area contributed by atoms with Crippen molar-refractivity contribution in [1.29, 1.82) is 0 Å². The highest BCUT2D eigenvalue weighted by molar-refractivity contribution is 7.09. The molecule has 1 aliphatic rings. The molecule has 4 N–H and O–H groups in total. The molecule has 4 atom stereocenters. The predicted molar refractivity (Wildman–Crippen MR) is 179 cm³/mol. The number of nitrogens with one attached hydrogen (secondary N) is 1. The third-order valence-corrected chi connectivity index (χ3v) is 9.57. The molecule has 246 valence electrons. The predicted octanol–water partition coefficient (Wildman–Crippen LogP) is 3.89. The van der Waals surface area contributed by atoms with Crippen molar-refractivity contribution >= 4 is 23.2 Å². The van der Waals surface area contributed by atoms with E-state index in [1.165, 1.54) is 11.3 Å². The number of hydrogen-bond donors (Lipinski definition) is 3. The van der Waals surface area contributed by atoms with Crippen molar-refractivity contribution in [1.82, 2.24) is 20.2 Å². The summed E-state index contributed by atoms with van der Waals surface area (Å²) in [6.45, 7) is 4.91. The van der Waals surface area contributed by atoms with Crippen LogP contribution in [0.1, 0.15) is 46.7 Å².